The van der Waals surface area contributed by atoms with Crippen LogP contribution in [0.1, 0.15) is 143 Å². The highest BCUT2D eigenvalue weighted by Crippen LogP contribution is 2.55. The van der Waals surface area contributed by atoms with E-state index < -0.39 is 7.37 Å². The van der Waals surface area contributed by atoms with E-state index in [1.165, 1.54) is 70.6 Å². The van der Waals surface area contributed by atoms with Crippen LogP contribution in [0.5, 0.6) is 0 Å². The minimum Gasteiger partial charge on any atom is -0.356 e. The Morgan fingerprint density at radius 3 is 1.85 bits per heavy atom. The van der Waals surface area contributed by atoms with Gasteiger partial charge in [-0.25, -0.2) is 0 Å². The molecule has 0 aromatic heterocycles. The van der Waals surface area contributed by atoms with E-state index >= 15 is 0 Å². The van der Waals surface area contributed by atoms with E-state index in [0.717, 1.165) is 45.1 Å². The summed E-state index contributed by atoms with van der Waals surface area (Å²) < 4.78 is 18.1. The molecule has 0 fully saturated rings. The predicted octanol–water partition coefficient (Wildman–Crippen LogP) is 9.42. The van der Waals surface area contributed by atoms with E-state index in [0.29, 0.717) is 13.0 Å². The molecule has 5 heteroatoms. The monoisotopic (exact) mass is 499 g/mol. The van der Waals surface area contributed by atoms with Gasteiger partial charge < -0.3 is 9.84 Å². The van der Waals surface area contributed by atoms with Gasteiger partial charge in [0.15, 0.2) is 0 Å². The molecule has 1 atom stereocenters. The molecule has 0 aromatic rings. The van der Waals surface area contributed by atoms with Crippen LogP contribution < -0.4 is 5.32 Å². The maximum atomic E-state index is 12.4. The summed E-state index contributed by atoms with van der Waals surface area (Å²) >= 11 is 0. The first-order chi connectivity index (χ1) is 16.2. The molecular weight excluding hydrogens is 441 g/mol. The van der Waals surface area contributed by atoms with Crippen LogP contribution in [0.15, 0.2) is 12.2 Å². The fourth-order valence-corrected chi connectivity index (χ4v) is 4.55. The summed E-state index contributed by atoms with van der Waals surface area (Å²) in [4.78, 5) is 11.9. The summed E-state index contributed by atoms with van der Waals surface area (Å²) in [7, 11) is -2.54. The number of hydrogen-bond acceptors (Lipinski definition) is 3. The fourth-order valence-electron chi connectivity index (χ4n) is 3.69. The number of carbonyl (C=O) groups excluding carboxylic acids is 1. The van der Waals surface area contributed by atoms with E-state index in [1.807, 2.05) is 20.8 Å². The molecule has 0 saturated heterocycles. The van der Waals surface area contributed by atoms with Crippen LogP contribution in [0.2, 0.25) is 0 Å². The number of amides is 1. The van der Waals surface area contributed by atoms with Gasteiger partial charge in [0, 0.05) is 24.8 Å². The van der Waals surface area contributed by atoms with Crippen molar-refractivity contribution < 1.29 is 13.9 Å². The minimum absolute atomic E-state index is 0.193. The first kappa shape index (κ1) is 33.4. The molecule has 0 heterocycles. The zero-order valence-corrected chi connectivity index (χ0v) is 24.4. The summed E-state index contributed by atoms with van der Waals surface area (Å²) in [5.74, 6) is 0.193. The molecule has 0 rings (SSSR count). The SMILES string of the molecule is CCCCCCCC/C=C\CCCCCCCC(=O)NCCCCCCOP(C)(=O)C(C)(C)C. The summed E-state index contributed by atoms with van der Waals surface area (Å²) in [5.41, 5.74) is 0. The lowest BCUT2D eigenvalue weighted by atomic mass is 10.1. The molecule has 0 spiro atoms. The Morgan fingerprint density at radius 2 is 1.26 bits per heavy atom. The van der Waals surface area contributed by atoms with Gasteiger partial charge in [0.2, 0.25) is 13.3 Å². The van der Waals surface area contributed by atoms with Gasteiger partial charge in [-0.1, -0.05) is 104 Å². The van der Waals surface area contributed by atoms with Gasteiger partial charge in [-0.3, -0.25) is 9.36 Å². The van der Waals surface area contributed by atoms with Gasteiger partial charge >= 0.3 is 0 Å². The third-order valence-electron chi connectivity index (χ3n) is 6.62. The number of carbonyl (C=O) groups is 1. The molecular formula is C29H58NO3P. The molecule has 0 aliphatic rings. The number of nitrogens with one attached hydrogen (secondary N) is 1. The van der Waals surface area contributed by atoms with Crippen molar-refractivity contribution in [2.45, 2.75) is 148 Å². The summed E-state index contributed by atoms with van der Waals surface area (Å²) in [6, 6.07) is 0. The summed E-state index contributed by atoms with van der Waals surface area (Å²) in [6.45, 7) is 11.2. The molecule has 1 N–H and O–H groups in total. The second-order valence-electron chi connectivity index (χ2n) is 10.9. The summed E-state index contributed by atoms with van der Waals surface area (Å²) in [5, 5.41) is 2.75. The van der Waals surface area contributed by atoms with Crippen LogP contribution in [0.3, 0.4) is 0 Å². The van der Waals surface area contributed by atoms with E-state index in [9.17, 15) is 9.36 Å². The van der Waals surface area contributed by atoms with Gasteiger partial charge in [-0.2, -0.15) is 0 Å². The Morgan fingerprint density at radius 1 is 0.765 bits per heavy atom. The Balaban J connectivity index is 3.37. The number of allylic oxidation sites excluding steroid dienone is 2. The topological polar surface area (TPSA) is 55.4 Å². The second-order valence-corrected chi connectivity index (χ2v) is 14.2. The Hall–Kier alpha value is -0.600. The van der Waals surface area contributed by atoms with Crippen LogP contribution in [0.4, 0.5) is 0 Å². The van der Waals surface area contributed by atoms with Gasteiger partial charge in [-0.15, -0.1) is 0 Å². The lowest BCUT2D eigenvalue weighted by Crippen LogP contribution is -2.23. The number of unbranched alkanes of at least 4 members (excludes halogenated alkanes) is 14. The van der Waals surface area contributed by atoms with Crippen LogP contribution in [0, 0.1) is 0 Å². The van der Waals surface area contributed by atoms with E-state index in [2.05, 4.69) is 24.4 Å². The Kier molecular flexibility index (Phi) is 21.3. The first-order valence-electron chi connectivity index (χ1n) is 14.3. The zero-order valence-electron chi connectivity index (χ0n) is 23.5. The average molecular weight is 500 g/mol. The van der Waals surface area contributed by atoms with E-state index in [1.54, 1.807) is 6.66 Å². The van der Waals surface area contributed by atoms with Crippen molar-refractivity contribution >= 4 is 13.3 Å². The van der Waals surface area contributed by atoms with Crippen molar-refractivity contribution in [1.29, 1.82) is 0 Å². The zero-order chi connectivity index (χ0) is 25.5. The molecule has 0 radical (unpaired) electrons. The molecule has 0 saturated carbocycles. The highest BCUT2D eigenvalue weighted by Gasteiger charge is 2.32. The largest absolute Gasteiger partial charge is 0.356 e. The lowest BCUT2D eigenvalue weighted by Gasteiger charge is -2.27. The molecule has 1 unspecified atom stereocenters. The Labute approximate surface area is 212 Å². The molecule has 34 heavy (non-hydrogen) atoms. The molecule has 0 aromatic carbocycles. The maximum absolute atomic E-state index is 12.4. The van der Waals surface area contributed by atoms with Crippen LogP contribution in [0.25, 0.3) is 0 Å². The van der Waals surface area contributed by atoms with Crippen molar-refractivity contribution in [3.8, 4) is 0 Å². The third kappa shape index (κ3) is 20.7. The minimum atomic E-state index is -2.54. The van der Waals surface area contributed by atoms with Crippen molar-refractivity contribution in [3.05, 3.63) is 12.2 Å². The highest BCUT2D eigenvalue weighted by atomic mass is 31.2. The van der Waals surface area contributed by atoms with Crippen molar-refractivity contribution in [2.24, 2.45) is 0 Å². The molecule has 4 nitrogen and oxygen atoms in total. The molecule has 1 amide bonds. The molecule has 0 aliphatic carbocycles. The van der Waals surface area contributed by atoms with Crippen LogP contribution >= 0.6 is 7.37 Å². The molecule has 0 aliphatic heterocycles. The van der Waals surface area contributed by atoms with Gasteiger partial charge in [0.1, 0.15) is 0 Å². The van der Waals surface area contributed by atoms with E-state index in [-0.39, 0.29) is 11.1 Å². The second kappa shape index (κ2) is 21.7. The van der Waals surface area contributed by atoms with Crippen LogP contribution in [-0.4, -0.2) is 30.9 Å². The van der Waals surface area contributed by atoms with Crippen LogP contribution in [-0.2, 0) is 13.9 Å². The quantitative estimate of drug-likeness (QED) is 0.0865. The predicted molar refractivity (Wildman–Crippen MR) is 150 cm³/mol. The lowest BCUT2D eigenvalue weighted by molar-refractivity contribution is -0.121. The first-order valence-corrected chi connectivity index (χ1v) is 16.4. The number of rotatable bonds is 23. The van der Waals surface area contributed by atoms with Gasteiger partial charge in [0.25, 0.3) is 0 Å². The normalized spacial score (nSPS) is 13.9. The van der Waals surface area contributed by atoms with Crippen molar-refractivity contribution in [2.75, 3.05) is 19.8 Å². The highest BCUT2D eigenvalue weighted by molar-refractivity contribution is 7.59. The molecule has 0 bridgehead atoms. The molecule has 202 valence electrons. The van der Waals surface area contributed by atoms with Gasteiger partial charge in [-0.05, 0) is 44.9 Å². The average Bonchev–Trinajstić information content (AvgIpc) is 2.77. The maximum Gasteiger partial charge on any atom is 0.219 e. The number of hydrogen-bond donors (Lipinski definition) is 1. The smallest absolute Gasteiger partial charge is 0.219 e. The summed E-state index contributed by atoms with van der Waals surface area (Å²) in [6.07, 6.45) is 26.1. The standard InChI is InChI=1S/C29H58NO3P/c1-6-7-8-9-10-11-12-13-14-15-16-17-18-19-22-25-28(31)30-26-23-20-21-24-27-33-34(5,32)29(2,3)4/h13-14H,6-12,15-27H2,1-5H3,(H,30,31)/b14-13-. The Bertz CT molecular complexity index is 554. The third-order valence-corrected chi connectivity index (χ3v) is 9.73. The van der Waals surface area contributed by atoms with Crippen molar-refractivity contribution in [1.82, 2.24) is 5.32 Å². The van der Waals surface area contributed by atoms with Crippen molar-refractivity contribution in [3.63, 3.8) is 0 Å². The van der Waals surface area contributed by atoms with E-state index in [4.69, 9.17) is 4.52 Å². The fraction of sp³-hybridized carbons (Fsp3) is 0.897. The van der Waals surface area contributed by atoms with Gasteiger partial charge in [0.05, 0.1) is 6.61 Å².